The van der Waals surface area contributed by atoms with E-state index >= 15 is 0 Å². The molecule has 2 aliphatic heterocycles. The minimum absolute atomic E-state index is 0.292. The van der Waals surface area contributed by atoms with Crippen molar-refractivity contribution in [1.82, 2.24) is 5.32 Å². The Balaban J connectivity index is 1.87. The minimum Gasteiger partial charge on any atom is -0.367 e. The Morgan fingerprint density at radius 1 is 1.23 bits per heavy atom. The molecule has 1 N–H and O–H groups in total. The molecule has 13 heavy (non-hydrogen) atoms. The molecule has 0 aromatic heterocycles. The van der Waals surface area contributed by atoms with Gasteiger partial charge >= 0.3 is 0 Å². The van der Waals surface area contributed by atoms with Crippen molar-refractivity contribution in [3.8, 4) is 0 Å². The van der Waals surface area contributed by atoms with Crippen LogP contribution in [0, 0.1) is 0 Å². The highest BCUT2D eigenvalue weighted by molar-refractivity contribution is 5.21. The number of morpholine rings is 1. The van der Waals surface area contributed by atoms with Gasteiger partial charge in [-0.3, -0.25) is 0 Å². The predicted octanol–water partition coefficient (Wildman–Crippen LogP) is 1.49. The highest BCUT2D eigenvalue weighted by Gasteiger charge is 2.40. The molecule has 0 saturated carbocycles. The molecule has 2 saturated heterocycles. The number of fused-ring (bicyclic) bond motifs is 2. The van der Waals surface area contributed by atoms with Gasteiger partial charge in [0.1, 0.15) is 0 Å². The van der Waals surface area contributed by atoms with Gasteiger partial charge in [-0.25, -0.2) is 0 Å². The van der Waals surface area contributed by atoms with Crippen LogP contribution in [0.3, 0.4) is 0 Å². The molecule has 2 fully saturated rings. The van der Waals surface area contributed by atoms with E-state index in [0.717, 1.165) is 6.54 Å². The standard InChI is InChI=1S/C11H13NO/c1-2-4-8(5-3-1)11-10-6-9(13-11)7-12-10/h1-5,9-12H,6-7H2/t9-,10?,11+/m1/s1. The quantitative estimate of drug-likeness (QED) is 0.698. The van der Waals surface area contributed by atoms with Crippen LogP contribution in [0.4, 0.5) is 0 Å². The molecule has 1 unspecified atom stereocenters. The average molecular weight is 175 g/mol. The Morgan fingerprint density at radius 3 is 2.69 bits per heavy atom. The van der Waals surface area contributed by atoms with Gasteiger partial charge in [0.05, 0.1) is 12.2 Å². The van der Waals surface area contributed by atoms with Gasteiger partial charge in [-0.1, -0.05) is 30.3 Å². The zero-order valence-corrected chi connectivity index (χ0v) is 7.44. The van der Waals surface area contributed by atoms with E-state index in [2.05, 4.69) is 29.6 Å². The smallest absolute Gasteiger partial charge is 0.0983 e. The number of benzene rings is 1. The topological polar surface area (TPSA) is 21.3 Å². The van der Waals surface area contributed by atoms with Crippen molar-refractivity contribution in [2.24, 2.45) is 0 Å². The summed E-state index contributed by atoms with van der Waals surface area (Å²) in [6, 6.07) is 11.0. The Morgan fingerprint density at radius 2 is 2.08 bits per heavy atom. The number of hydrogen-bond acceptors (Lipinski definition) is 2. The van der Waals surface area contributed by atoms with Crippen molar-refractivity contribution in [3.63, 3.8) is 0 Å². The molecular weight excluding hydrogens is 162 g/mol. The van der Waals surface area contributed by atoms with E-state index in [-0.39, 0.29) is 0 Å². The van der Waals surface area contributed by atoms with Gasteiger partial charge in [0.25, 0.3) is 0 Å². The third-order valence-corrected chi connectivity index (χ3v) is 2.96. The fourth-order valence-corrected chi connectivity index (χ4v) is 2.32. The van der Waals surface area contributed by atoms with Gasteiger partial charge in [-0.05, 0) is 12.0 Å². The van der Waals surface area contributed by atoms with Crippen molar-refractivity contribution >= 4 is 0 Å². The Kier molecular flexibility index (Phi) is 1.64. The normalized spacial score (nSPS) is 36.8. The maximum Gasteiger partial charge on any atom is 0.0983 e. The molecule has 0 radical (unpaired) electrons. The summed E-state index contributed by atoms with van der Waals surface area (Å²) in [4.78, 5) is 0. The summed E-state index contributed by atoms with van der Waals surface area (Å²) in [5.41, 5.74) is 1.31. The summed E-state index contributed by atoms with van der Waals surface area (Å²) >= 11 is 0. The van der Waals surface area contributed by atoms with E-state index in [4.69, 9.17) is 4.74 Å². The second kappa shape index (κ2) is 2.82. The summed E-state index contributed by atoms with van der Waals surface area (Å²) in [5.74, 6) is 0. The largest absolute Gasteiger partial charge is 0.367 e. The van der Waals surface area contributed by atoms with Crippen LogP contribution in [0.2, 0.25) is 0 Å². The van der Waals surface area contributed by atoms with Crippen LogP contribution < -0.4 is 5.32 Å². The molecule has 0 amide bonds. The van der Waals surface area contributed by atoms with E-state index in [1.807, 2.05) is 6.07 Å². The van der Waals surface area contributed by atoms with Gasteiger partial charge in [-0.2, -0.15) is 0 Å². The zero-order valence-electron chi connectivity index (χ0n) is 7.44. The van der Waals surface area contributed by atoms with Crippen LogP contribution >= 0.6 is 0 Å². The lowest BCUT2D eigenvalue weighted by Crippen LogP contribution is -2.33. The van der Waals surface area contributed by atoms with Crippen LogP contribution in [0.25, 0.3) is 0 Å². The van der Waals surface area contributed by atoms with Gasteiger partial charge in [0.15, 0.2) is 0 Å². The van der Waals surface area contributed by atoms with E-state index in [1.54, 1.807) is 0 Å². The van der Waals surface area contributed by atoms with Gasteiger partial charge in [-0.15, -0.1) is 0 Å². The molecule has 2 bridgehead atoms. The van der Waals surface area contributed by atoms with Crippen molar-refractivity contribution < 1.29 is 4.74 Å². The fraction of sp³-hybridized carbons (Fsp3) is 0.455. The van der Waals surface area contributed by atoms with Crippen molar-refractivity contribution in [2.75, 3.05) is 6.54 Å². The first kappa shape index (κ1) is 7.54. The zero-order chi connectivity index (χ0) is 8.67. The Labute approximate surface area is 77.9 Å². The summed E-state index contributed by atoms with van der Waals surface area (Å²) in [7, 11) is 0. The molecule has 2 aliphatic rings. The van der Waals surface area contributed by atoms with Crippen LogP contribution in [-0.4, -0.2) is 18.7 Å². The van der Waals surface area contributed by atoms with Crippen LogP contribution in [0.1, 0.15) is 18.1 Å². The summed E-state index contributed by atoms with van der Waals surface area (Å²) < 4.78 is 5.88. The maximum absolute atomic E-state index is 5.88. The Hall–Kier alpha value is -0.860. The summed E-state index contributed by atoms with van der Waals surface area (Å²) in [5, 5.41) is 3.48. The van der Waals surface area contributed by atoms with E-state index in [9.17, 15) is 0 Å². The molecule has 3 rings (SSSR count). The number of ether oxygens (including phenoxy) is 1. The maximum atomic E-state index is 5.88. The first-order chi connectivity index (χ1) is 6.43. The van der Waals surface area contributed by atoms with Gasteiger partial charge in [0, 0.05) is 12.6 Å². The second-order valence-corrected chi connectivity index (χ2v) is 3.84. The monoisotopic (exact) mass is 175 g/mol. The van der Waals surface area contributed by atoms with E-state index in [0.29, 0.717) is 18.2 Å². The molecule has 1 aromatic carbocycles. The molecule has 2 heteroatoms. The molecule has 2 heterocycles. The number of hydrogen-bond donors (Lipinski definition) is 1. The molecule has 0 aliphatic carbocycles. The Bertz CT molecular complexity index is 298. The SMILES string of the molecule is c1ccc([C@@H]2O[C@H]3CNC2C3)cc1. The van der Waals surface area contributed by atoms with Gasteiger partial charge in [0.2, 0.25) is 0 Å². The molecule has 1 aromatic rings. The predicted molar refractivity (Wildman–Crippen MR) is 50.5 cm³/mol. The highest BCUT2D eigenvalue weighted by atomic mass is 16.5. The molecule has 3 atom stereocenters. The van der Waals surface area contributed by atoms with Gasteiger partial charge < -0.3 is 10.1 Å². The minimum atomic E-state index is 0.292. The second-order valence-electron chi connectivity index (χ2n) is 3.84. The van der Waals surface area contributed by atoms with E-state index < -0.39 is 0 Å². The van der Waals surface area contributed by atoms with Crippen LogP contribution in [0.15, 0.2) is 30.3 Å². The van der Waals surface area contributed by atoms with Crippen LogP contribution in [0.5, 0.6) is 0 Å². The first-order valence-electron chi connectivity index (χ1n) is 4.87. The summed E-state index contributed by atoms with van der Waals surface area (Å²) in [6.45, 7) is 1.04. The lowest BCUT2D eigenvalue weighted by molar-refractivity contribution is 0.0160. The first-order valence-corrected chi connectivity index (χ1v) is 4.87. The van der Waals surface area contributed by atoms with E-state index in [1.165, 1.54) is 12.0 Å². The third-order valence-electron chi connectivity index (χ3n) is 2.96. The van der Waals surface area contributed by atoms with Crippen molar-refractivity contribution in [1.29, 1.82) is 0 Å². The fourth-order valence-electron chi connectivity index (χ4n) is 2.32. The van der Waals surface area contributed by atoms with Crippen molar-refractivity contribution in [3.05, 3.63) is 35.9 Å². The highest BCUT2D eigenvalue weighted by Crippen LogP contribution is 2.36. The van der Waals surface area contributed by atoms with Crippen molar-refractivity contribution in [2.45, 2.75) is 24.7 Å². The molecule has 0 spiro atoms. The number of nitrogens with one attached hydrogen (secondary N) is 1. The number of rotatable bonds is 1. The summed E-state index contributed by atoms with van der Waals surface area (Å²) in [6.07, 6.45) is 1.93. The third kappa shape index (κ3) is 1.18. The molecular formula is C11H13NO. The lowest BCUT2D eigenvalue weighted by atomic mass is 10.0. The lowest BCUT2D eigenvalue weighted by Gasteiger charge is -2.23. The molecule has 2 nitrogen and oxygen atoms in total. The molecule has 68 valence electrons. The average Bonchev–Trinajstić information content (AvgIpc) is 2.80. The van der Waals surface area contributed by atoms with Crippen LogP contribution in [-0.2, 0) is 4.74 Å².